The lowest BCUT2D eigenvalue weighted by atomic mass is 10.1. The predicted molar refractivity (Wildman–Crippen MR) is 72.9 cm³/mol. The number of nitrogens with one attached hydrogen (secondary N) is 1. The van der Waals surface area contributed by atoms with Crippen LogP contribution in [0.4, 0.5) is 0 Å². The summed E-state index contributed by atoms with van der Waals surface area (Å²) in [5.74, 6) is -0.719. The summed E-state index contributed by atoms with van der Waals surface area (Å²) in [7, 11) is 1.79. The van der Waals surface area contributed by atoms with Crippen molar-refractivity contribution in [2.24, 2.45) is 5.92 Å². The Balaban J connectivity index is 2.04. The molecule has 0 aromatic rings. The van der Waals surface area contributed by atoms with Gasteiger partial charge in [-0.25, -0.2) is 4.79 Å². The standard InChI is InChI=1S/C14H22N2O4/c1-4-9-7-14(9,13(19)20-5-2)15-12(18)11-6-10(17)8-16(11)3/h4,9-11,17H,1,5-8H2,2-3H3,(H,15,18)/t9-,10-,11+,14-/m1/s1. The van der Waals surface area contributed by atoms with Crippen molar-refractivity contribution in [3.8, 4) is 0 Å². The van der Waals surface area contributed by atoms with E-state index < -0.39 is 23.7 Å². The summed E-state index contributed by atoms with van der Waals surface area (Å²) in [4.78, 5) is 26.2. The average Bonchev–Trinajstić information content (AvgIpc) is 3.00. The number of aliphatic hydroxyl groups excluding tert-OH is 1. The van der Waals surface area contributed by atoms with Crippen LogP contribution in [-0.4, -0.2) is 59.8 Å². The topological polar surface area (TPSA) is 78.9 Å². The number of amides is 1. The number of aliphatic hydroxyl groups is 1. The maximum absolute atomic E-state index is 12.3. The first-order valence-electron chi connectivity index (χ1n) is 6.94. The Labute approximate surface area is 118 Å². The van der Waals surface area contributed by atoms with Crippen molar-refractivity contribution in [1.82, 2.24) is 10.2 Å². The molecule has 1 aliphatic carbocycles. The van der Waals surface area contributed by atoms with Gasteiger partial charge in [-0.15, -0.1) is 6.58 Å². The van der Waals surface area contributed by atoms with E-state index in [1.165, 1.54) is 0 Å². The van der Waals surface area contributed by atoms with Crippen LogP contribution in [0.15, 0.2) is 12.7 Å². The Morgan fingerprint density at radius 3 is 2.75 bits per heavy atom. The van der Waals surface area contributed by atoms with Gasteiger partial charge < -0.3 is 15.2 Å². The first-order chi connectivity index (χ1) is 9.44. The number of carbonyl (C=O) groups is 2. The third-order valence-corrected chi connectivity index (χ3v) is 4.11. The third-order valence-electron chi connectivity index (χ3n) is 4.11. The molecular weight excluding hydrogens is 260 g/mol. The van der Waals surface area contributed by atoms with Crippen molar-refractivity contribution >= 4 is 11.9 Å². The number of esters is 1. The normalized spacial score (nSPS) is 36.5. The van der Waals surface area contributed by atoms with Gasteiger partial charge in [-0.05, 0) is 26.8 Å². The Hall–Kier alpha value is -1.40. The SMILES string of the molecule is C=C[C@@H]1C[C@]1(NC(=O)[C@@H]1C[C@@H](O)CN1C)C(=O)OCC. The first kappa shape index (κ1) is 15.0. The average molecular weight is 282 g/mol. The number of hydrogen-bond acceptors (Lipinski definition) is 5. The second kappa shape index (κ2) is 5.54. The molecule has 0 radical (unpaired) electrons. The van der Waals surface area contributed by atoms with E-state index in [2.05, 4.69) is 11.9 Å². The number of likely N-dealkylation sites (N-methyl/N-ethyl adjacent to an activating group) is 1. The Bertz CT molecular complexity index is 425. The van der Waals surface area contributed by atoms with Gasteiger partial charge >= 0.3 is 5.97 Å². The molecule has 2 fully saturated rings. The maximum Gasteiger partial charge on any atom is 0.332 e. The highest BCUT2D eigenvalue weighted by Gasteiger charge is 2.61. The zero-order valence-corrected chi connectivity index (χ0v) is 12.0. The molecule has 6 heteroatoms. The van der Waals surface area contributed by atoms with Crippen molar-refractivity contribution in [1.29, 1.82) is 0 Å². The van der Waals surface area contributed by atoms with Crippen LogP contribution in [0, 0.1) is 5.92 Å². The van der Waals surface area contributed by atoms with Gasteiger partial charge in [0.15, 0.2) is 0 Å². The number of rotatable bonds is 5. The largest absolute Gasteiger partial charge is 0.464 e. The minimum Gasteiger partial charge on any atom is -0.464 e. The van der Waals surface area contributed by atoms with Crippen LogP contribution in [0.25, 0.3) is 0 Å². The minimum atomic E-state index is -0.955. The monoisotopic (exact) mass is 282 g/mol. The molecule has 0 aromatic heterocycles. The molecule has 2 N–H and O–H groups in total. The molecule has 2 aliphatic rings. The highest BCUT2D eigenvalue weighted by Crippen LogP contribution is 2.45. The van der Waals surface area contributed by atoms with Crippen LogP contribution in [0.1, 0.15) is 19.8 Å². The van der Waals surface area contributed by atoms with Crippen LogP contribution >= 0.6 is 0 Å². The Kier molecular flexibility index (Phi) is 4.15. The molecule has 0 spiro atoms. The smallest absolute Gasteiger partial charge is 0.332 e. The molecule has 112 valence electrons. The molecule has 1 saturated heterocycles. The first-order valence-corrected chi connectivity index (χ1v) is 6.94. The van der Waals surface area contributed by atoms with Crippen LogP contribution in [0.5, 0.6) is 0 Å². The summed E-state index contributed by atoms with van der Waals surface area (Å²) in [6.07, 6.45) is 2.09. The van der Waals surface area contributed by atoms with Crippen LogP contribution in [-0.2, 0) is 14.3 Å². The number of likely N-dealkylation sites (tertiary alicyclic amines) is 1. The summed E-state index contributed by atoms with van der Waals surface area (Å²) >= 11 is 0. The molecule has 0 unspecified atom stereocenters. The van der Waals surface area contributed by atoms with Gasteiger partial charge in [0.1, 0.15) is 5.54 Å². The summed E-state index contributed by atoms with van der Waals surface area (Å²) < 4.78 is 5.05. The van der Waals surface area contributed by atoms with Crippen LogP contribution in [0.3, 0.4) is 0 Å². The Morgan fingerprint density at radius 2 is 2.30 bits per heavy atom. The fraction of sp³-hybridized carbons (Fsp3) is 0.714. The van der Waals surface area contributed by atoms with E-state index in [1.807, 2.05) is 0 Å². The predicted octanol–water partition coefficient (Wildman–Crippen LogP) is -0.325. The minimum absolute atomic E-state index is 0.0814. The van der Waals surface area contributed by atoms with E-state index >= 15 is 0 Å². The number of nitrogens with zero attached hydrogens (tertiary/aromatic N) is 1. The fourth-order valence-corrected chi connectivity index (χ4v) is 2.84. The molecule has 1 aliphatic heterocycles. The van der Waals surface area contributed by atoms with Gasteiger partial charge in [0.05, 0.1) is 18.8 Å². The summed E-state index contributed by atoms with van der Waals surface area (Å²) in [5, 5.41) is 12.4. The summed E-state index contributed by atoms with van der Waals surface area (Å²) in [5.41, 5.74) is -0.955. The van der Waals surface area contributed by atoms with E-state index in [0.29, 0.717) is 19.4 Å². The maximum atomic E-state index is 12.3. The molecule has 4 atom stereocenters. The lowest BCUT2D eigenvalue weighted by Gasteiger charge is -2.23. The zero-order chi connectivity index (χ0) is 14.9. The van der Waals surface area contributed by atoms with E-state index in [1.54, 1.807) is 24.9 Å². The van der Waals surface area contributed by atoms with E-state index in [9.17, 15) is 14.7 Å². The van der Waals surface area contributed by atoms with Crippen molar-refractivity contribution in [2.75, 3.05) is 20.2 Å². The lowest BCUT2D eigenvalue weighted by Crippen LogP contribution is -2.51. The quantitative estimate of drug-likeness (QED) is 0.533. The second-order valence-electron chi connectivity index (χ2n) is 5.57. The van der Waals surface area contributed by atoms with Gasteiger partial charge in [0.25, 0.3) is 0 Å². The highest BCUT2D eigenvalue weighted by atomic mass is 16.5. The molecular formula is C14H22N2O4. The van der Waals surface area contributed by atoms with E-state index in [-0.39, 0.29) is 18.4 Å². The fourth-order valence-electron chi connectivity index (χ4n) is 2.84. The van der Waals surface area contributed by atoms with Gasteiger partial charge in [-0.3, -0.25) is 9.69 Å². The molecule has 1 saturated carbocycles. The van der Waals surface area contributed by atoms with Crippen molar-refractivity contribution in [3.63, 3.8) is 0 Å². The molecule has 0 aromatic carbocycles. The number of ether oxygens (including phenoxy) is 1. The van der Waals surface area contributed by atoms with E-state index in [0.717, 1.165) is 0 Å². The van der Waals surface area contributed by atoms with Crippen molar-refractivity contribution in [3.05, 3.63) is 12.7 Å². The van der Waals surface area contributed by atoms with Gasteiger partial charge in [-0.1, -0.05) is 6.08 Å². The molecule has 20 heavy (non-hydrogen) atoms. The molecule has 6 nitrogen and oxygen atoms in total. The van der Waals surface area contributed by atoms with Gasteiger partial charge in [0.2, 0.25) is 5.91 Å². The van der Waals surface area contributed by atoms with Crippen molar-refractivity contribution in [2.45, 2.75) is 37.5 Å². The highest BCUT2D eigenvalue weighted by molar-refractivity contribution is 5.93. The number of hydrogen-bond donors (Lipinski definition) is 2. The zero-order valence-electron chi connectivity index (χ0n) is 12.0. The van der Waals surface area contributed by atoms with E-state index in [4.69, 9.17) is 4.74 Å². The molecule has 1 heterocycles. The van der Waals surface area contributed by atoms with Gasteiger partial charge in [0, 0.05) is 12.5 Å². The lowest BCUT2D eigenvalue weighted by molar-refractivity contribution is -0.149. The second-order valence-corrected chi connectivity index (χ2v) is 5.57. The Morgan fingerprint density at radius 1 is 1.60 bits per heavy atom. The molecule has 0 bridgehead atoms. The number of carbonyl (C=O) groups excluding carboxylic acids is 2. The van der Waals surface area contributed by atoms with Crippen LogP contribution < -0.4 is 5.32 Å². The summed E-state index contributed by atoms with van der Waals surface area (Å²) in [6.45, 7) is 6.17. The third kappa shape index (κ3) is 2.58. The molecule has 1 amide bonds. The molecule has 2 rings (SSSR count). The van der Waals surface area contributed by atoms with Crippen molar-refractivity contribution < 1.29 is 19.4 Å². The summed E-state index contributed by atoms with van der Waals surface area (Å²) in [6, 6.07) is -0.401. The number of β-amino-alcohol motifs (C(OH)–C–C–N with tert-alkyl or cyclic N) is 1. The van der Waals surface area contributed by atoms with Gasteiger partial charge in [-0.2, -0.15) is 0 Å². The van der Waals surface area contributed by atoms with Crippen LogP contribution in [0.2, 0.25) is 0 Å².